The number of anilines is 1. The summed E-state index contributed by atoms with van der Waals surface area (Å²) >= 11 is 1.49. The molecule has 1 aromatic carbocycles. The molecule has 2 amide bonds. The van der Waals surface area contributed by atoms with Crippen molar-refractivity contribution in [1.29, 1.82) is 0 Å². The predicted octanol–water partition coefficient (Wildman–Crippen LogP) is 2.98. The number of urea groups is 1. The molecule has 1 aromatic heterocycles. The molecule has 1 heterocycles. The average molecular weight is 318 g/mol. The fraction of sp³-hybridized carbons (Fsp3) is 0.250. The van der Waals surface area contributed by atoms with Crippen molar-refractivity contribution in [1.82, 2.24) is 5.32 Å². The van der Waals surface area contributed by atoms with E-state index in [2.05, 4.69) is 10.6 Å². The van der Waals surface area contributed by atoms with Gasteiger partial charge < -0.3 is 15.7 Å². The van der Waals surface area contributed by atoms with Gasteiger partial charge in [-0.05, 0) is 48.4 Å². The fourth-order valence-electron chi connectivity index (χ4n) is 1.92. The Labute approximate surface area is 133 Å². The Balaban J connectivity index is 1.93. The molecule has 0 saturated heterocycles. The summed E-state index contributed by atoms with van der Waals surface area (Å²) in [6.07, 6.45) is 0. The van der Waals surface area contributed by atoms with Crippen LogP contribution in [0.5, 0.6) is 0 Å². The monoisotopic (exact) mass is 318 g/mol. The van der Waals surface area contributed by atoms with Gasteiger partial charge in [0.25, 0.3) is 0 Å². The second-order valence-electron chi connectivity index (χ2n) is 5.23. The molecule has 22 heavy (non-hydrogen) atoms. The van der Waals surface area contributed by atoms with Gasteiger partial charge in [-0.2, -0.15) is 11.3 Å². The molecule has 5 nitrogen and oxygen atoms in total. The highest BCUT2D eigenvalue weighted by molar-refractivity contribution is 7.08. The molecule has 0 saturated carbocycles. The van der Waals surface area contributed by atoms with Crippen LogP contribution in [0.1, 0.15) is 29.8 Å². The molecule has 0 aliphatic rings. The Morgan fingerprint density at radius 3 is 2.73 bits per heavy atom. The lowest BCUT2D eigenvalue weighted by Crippen LogP contribution is -2.40. The number of amides is 2. The van der Waals surface area contributed by atoms with Crippen molar-refractivity contribution in [3.63, 3.8) is 0 Å². The smallest absolute Gasteiger partial charge is 0.319 e. The molecule has 0 fully saturated rings. The minimum Gasteiger partial charge on any atom is -0.384 e. The molecule has 3 N–H and O–H groups in total. The first-order valence-electron chi connectivity index (χ1n) is 6.79. The molecule has 2 rings (SSSR count). The van der Waals surface area contributed by atoms with Crippen LogP contribution in [0.4, 0.5) is 10.5 Å². The maximum absolute atomic E-state index is 11.9. The van der Waals surface area contributed by atoms with Crippen LogP contribution >= 0.6 is 11.3 Å². The van der Waals surface area contributed by atoms with Gasteiger partial charge in [0.1, 0.15) is 5.60 Å². The van der Waals surface area contributed by atoms with Crippen LogP contribution in [0.15, 0.2) is 41.1 Å². The first-order valence-corrected chi connectivity index (χ1v) is 7.74. The Morgan fingerprint density at radius 2 is 2.09 bits per heavy atom. The van der Waals surface area contributed by atoms with Gasteiger partial charge in [-0.3, -0.25) is 4.79 Å². The highest BCUT2D eigenvalue weighted by Crippen LogP contribution is 2.22. The third kappa shape index (κ3) is 4.16. The van der Waals surface area contributed by atoms with Crippen molar-refractivity contribution in [3.05, 3.63) is 52.2 Å². The maximum Gasteiger partial charge on any atom is 0.319 e. The highest BCUT2D eigenvalue weighted by atomic mass is 32.1. The summed E-state index contributed by atoms with van der Waals surface area (Å²) in [5, 5.41) is 19.3. The number of carbonyl (C=O) groups excluding carboxylic acids is 2. The summed E-state index contributed by atoms with van der Waals surface area (Å²) < 4.78 is 0. The van der Waals surface area contributed by atoms with E-state index in [1.807, 2.05) is 16.8 Å². The van der Waals surface area contributed by atoms with Crippen LogP contribution in [-0.4, -0.2) is 23.5 Å². The number of hydrogen-bond donors (Lipinski definition) is 3. The number of ketones is 1. The van der Waals surface area contributed by atoms with E-state index in [0.717, 1.165) is 5.56 Å². The predicted molar refractivity (Wildman–Crippen MR) is 87.4 cm³/mol. The van der Waals surface area contributed by atoms with Crippen LogP contribution in [0.2, 0.25) is 0 Å². The normalized spacial score (nSPS) is 13.2. The van der Waals surface area contributed by atoms with Crippen molar-refractivity contribution >= 4 is 28.8 Å². The van der Waals surface area contributed by atoms with Gasteiger partial charge in [0.2, 0.25) is 0 Å². The maximum atomic E-state index is 11.9. The summed E-state index contributed by atoms with van der Waals surface area (Å²) in [7, 11) is 0. The molecule has 1 atom stereocenters. The number of carbonyl (C=O) groups is 2. The SMILES string of the molecule is CC(=O)c1cccc(NC(=O)NCC(C)(O)c2ccsc2)c1. The van der Waals surface area contributed by atoms with E-state index in [1.54, 1.807) is 31.2 Å². The lowest BCUT2D eigenvalue weighted by atomic mass is 9.99. The van der Waals surface area contributed by atoms with Crippen molar-refractivity contribution in [2.24, 2.45) is 0 Å². The largest absolute Gasteiger partial charge is 0.384 e. The molecule has 0 radical (unpaired) electrons. The number of rotatable bonds is 5. The van der Waals surface area contributed by atoms with Crippen molar-refractivity contribution < 1.29 is 14.7 Å². The average Bonchev–Trinajstić information content (AvgIpc) is 3.00. The number of hydrogen-bond acceptors (Lipinski definition) is 4. The summed E-state index contributed by atoms with van der Waals surface area (Å²) in [5.41, 5.74) is 0.693. The number of Topliss-reactive ketones (excluding diaryl/α,β-unsaturated/α-hetero) is 1. The first-order chi connectivity index (χ1) is 10.4. The van der Waals surface area contributed by atoms with E-state index < -0.39 is 11.6 Å². The second kappa shape index (κ2) is 6.72. The molecule has 6 heteroatoms. The minimum absolute atomic E-state index is 0.0653. The van der Waals surface area contributed by atoms with E-state index in [0.29, 0.717) is 11.3 Å². The van der Waals surface area contributed by atoms with Gasteiger partial charge in [0.15, 0.2) is 5.78 Å². The molecular weight excluding hydrogens is 300 g/mol. The van der Waals surface area contributed by atoms with Crippen LogP contribution in [0.3, 0.4) is 0 Å². The molecule has 2 aromatic rings. The quantitative estimate of drug-likeness (QED) is 0.742. The van der Waals surface area contributed by atoms with E-state index in [-0.39, 0.29) is 12.3 Å². The van der Waals surface area contributed by atoms with Gasteiger partial charge in [0.05, 0.1) is 6.54 Å². The van der Waals surface area contributed by atoms with Crippen LogP contribution in [0.25, 0.3) is 0 Å². The van der Waals surface area contributed by atoms with Crippen molar-refractivity contribution in [3.8, 4) is 0 Å². The number of aliphatic hydroxyl groups is 1. The molecule has 116 valence electrons. The number of benzene rings is 1. The zero-order valence-electron chi connectivity index (χ0n) is 12.4. The zero-order chi connectivity index (χ0) is 16.2. The van der Waals surface area contributed by atoms with Gasteiger partial charge in [-0.25, -0.2) is 4.79 Å². The van der Waals surface area contributed by atoms with Gasteiger partial charge in [0, 0.05) is 11.3 Å². The third-order valence-electron chi connectivity index (χ3n) is 3.26. The van der Waals surface area contributed by atoms with E-state index >= 15 is 0 Å². The third-order valence-corrected chi connectivity index (χ3v) is 3.95. The molecule has 0 bridgehead atoms. The molecule has 1 unspecified atom stereocenters. The minimum atomic E-state index is -1.13. The van der Waals surface area contributed by atoms with Gasteiger partial charge in [-0.1, -0.05) is 12.1 Å². The zero-order valence-corrected chi connectivity index (χ0v) is 13.2. The Kier molecular flexibility index (Phi) is 4.95. The summed E-state index contributed by atoms with van der Waals surface area (Å²) in [6.45, 7) is 3.20. The fourth-order valence-corrected chi connectivity index (χ4v) is 2.70. The highest BCUT2D eigenvalue weighted by Gasteiger charge is 2.24. The Morgan fingerprint density at radius 1 is 1.32 bits per heavy atom. The number of thiophene rings is 1. The molecule has 0 aliphatic heterocycles. The molecule has 0 spiro atoms. The number of nitrogens with one attached hydrogen (secondary N) is 2. The van der Waals surface area contributed by atoms with Gasteiger partial charge in [-0.15, -0.1) is 0 Å². The Hall–Kier alpha value is -2.18. The van der Waals surface area contributed by atoms with E-state index in [9.17, 15) is 14.7 Å². The summed E-state index contributed by atoms with van der Waals surface area (Å²) in [6, 6.07) is 8.08. The van der Waals surface area contributed by atoms with Crippen LogP contribution < -0.4 is 10.6 Å². The van der Waals surface area contributed by atoms with E-state index in [1.165, 1.54) is 18.3 Å². The Bertz CT molecular complexity index is 666. The van der Waals surface area contributed by atoms with Crippen molar-refractivity contribution in [2.45, 2.75) is 19.4 Å². The van der Waals surface area contributed by atoms with Crippen molar-refractivity contribution in [2.75, 3.05) is 11.9 Å². The lowest BCUT2D eigenvalue weighted by molar-refractivity contribution is 0.0604. The second-order valence-corrected chi connectivity index (χ2v) is 6.01. The molecule has 0 aliphatic carbocycles. The topological polar surface area (TPSA) is 78.4 Å². The lowest BCUT2D eigenvalue weighted by Gasteiger charge is -2.22. The standard InChI is InChI=1S/C16H18N2O3S/c1-11(19)12-4-3-5-14(8-12)18-15(20)17-10-16(2,21)13-6-7-22-9-13/h3-9,21H,10H2,1-2H3,(H2,17,18,20). The van der Waals surface area contributed by atoms with E-state index in [4.69, 9.17) is 0 Å². The summed E-state index contributed by atoms with van der Waals surface area (Å²) in [4.78, 5) is 23.2. The van der Waals surface area contributed by atoms with Crippen LogP contribution in [-0.2, 0) is 5.60 Å². The van der Waals surface area contributed by atoms with Crippen LogP contribution in [0, 0.1) is 0 Å². The summed E-state index contributed by atoms with van der Waals surface area (Å²) in [5.74, 6) is -0.0653. The molecular formula is C16H18N2O3S. The van der Waals surface area contributed by atoms with Gasteiger partial charge >= 0.3 is 6.03 Å². The first kappa shape index (κ1) is 16.2.